The number of benzene rings is 1. The van der Waals surface area contributed by atoms with E-state index in [2.05, 4.69) is 0 Å². The lowest BCUT2D eigenvalue weighted by Gasteiger charge is -2.29. The highest BCUT2D eigenvalue weighted by molar-refractivity contribution is 5.76. The largest absolute Gasteiger partial charge is 0.527 e. The molecule has 126 valence electrons. The number of methoxy groups -OCH3 is 1. The third-order valence-corrected chi connectivity index (χ3v) is 3.02. The van der Waals surface area contributed by atoms with E-state index in [1.54, 1.807) is 20.8 Å². The standard InChI is InChI=1S/C15H21N2O6/c1-15(2,3)23-14(19)17(4,13(18)22-5)10-11-6-8-12(9-7-11)16(20)21/h6-9H,10H2,1-5H3/q+1. The molecule has 23 heavy (non-hydrogen) atoms. The molecule has 0 saturated heterocycles. The maximum atomic E-state index is 12.4. The predicted octanol–water partition coefficient (Wildman–Crippen LogP) is 3.24. The van der Waals surface area contributed by atoms with Crippen molar-refractivity contribution in [2.24, 2.45) is 0 Å². The van der Waals surface area contributed by atoms with Crippen LogP contribution in [0.15, 0.2) is 24.3 Å². The van der Waals surface area contributed by atoms with Crippen molar-refractivity contribution in [3.8, 4) is 0 Å². The summed E-state index contributed by atoms with van der Waals surface area (Å²) in [6, 6.07) is 5.60. The van der Waals surface area contributed by atoms with Crippen LogP contribution in [0.1, 0.15) is 26.3 Å². The summed E-state index contributed by atoms with van der Waals surface area (Å²) in [4.78, 5) is 34.6. The van der Waals surface area contributed by atoms with Crippen molar-refractivity contribution < 1.29 is 28.5 Å². The van der Waals surface area contributed by atoms with Crippen molar-refractivity contribution >= 4 is 17.9 Å². The molecule has 1 rings (SSSR count). The molecule has 0 spiro atoms. The summed E-state index contributed by atoms with van der Waals surface area (Å²) in [6.07, 6.45) is -1.54. The van der Waals surface area contributed by atoms with Crippen LogP contribution in [0.5, 0.6) is 0 Å². The summed E-state index contributed by atoms with van der Waals surface area (Å²) in [5.74, 6) is 0. The number of imide groups is 1. The fraction of sp³-hybridized carbons (Fsp3) is 0.467. The third-order valence-electron chi connectivity index (χ3n) is 3.02. The van der Waals surface area contributed by atoms with Crippen molar-refractivity contribution in [2.45, 2.75) is 32.9 Å². The fourth-order valence-electron chi connectivity index (χ4n) is 1.86. The van der Waals surface area contributed by atoms with Gasteiger partial charge in [-0.3, -0.25) is 10.1 Å². The van der Waals surface area contributed by atoms with E-state index < -0.39 is 27.2 Å². The van der Waals surface area contributed by atoms with Gasteiger partial charge in [0.05, 0.1) is 19.1 Å². The van der Waals surface area contributed by atoms with Gasteiger partial charge in [-0.15, -0.1) is 4.48 Å². The van der Waals surface area contributed by atoms with Gasteiger partial charge in [0.2, 0.25) is 0 Å². The molecule has 0 radical (unpaired) electrons. The van der Waals surface area contributed by atoms with Gasteiger partial charge in [0.25, 0.3) is 5.69 Å². The zero-order valence-electron chi connectivity index (χ0n) is 13.9. The number of quaternary nitrogens is 1. The Morgan fingerprint density at radius 3 is 2.09 bits per heavy atom. The Morgan fingerprint density at radius 1 is 1.17 bits per heavy atom. The first-order chi connectivity index (χ1) is 10.5. The summed E-state index contributed by atoms with van der Waals surface area (Å²) in [5.41, 5.74) is -0.271. The molecule has 0 saturated carbocycles. The number of carbonyl (C=O) groups excluding carboxylic acids is 2. The molecule has 0 aromatic heterocycles. The van der Waals surface area contributed by atoms with Crippen LogP contribution in [0.3, 0.4) is 0 Å². The molecule has 1 aromatic carbocycles. The van der Waals surface area contributed by atoms with Gasteiger partial charge in [0, 0.05) is 17.7 Å². The van der Waals surface area contributed by atoms with Gasteiger partial charge < -0.3 is 9.47 Å². The van der Waals surface area contributed by atoms with Crippen LogP contribution < -0.4 is 0 Å². The maximum Gasteiger partial charge on any atom is 0.527 e. The first-order valence-electron chi connectivity index (χ1n) is 6.90. The summed E-state index contributed by atoms with van der Waals surface area (Å²) in [6.45, 7) is 5.04. The molecule has 8 heteroatoms. The van der Waals surface area contributed by atoms with Gasteiger partial charge in [0.1, 0.15) is 12.1 Å². The molecular weight excluding hydrogens is 304 g/mol. The SMILES string of the molecule is COC(=O)[N+](C)(Cc1ccc([N+](=O)[O-])cc1)C(=O)OC(C)(C)C. The molecule has 8 nitrogen and oxygen atoms in total. The molecule has 2 amide bonds. The average molecular weight is 325 g/mol. The van der Waals surface area contributed by atoms with Crippen LogP contribution >= 0.6 is 0 Å². The summed E-state index contributed by atoms with van der Waals surface area (Å²) in [7, 11) is 2.56. The number of carbonyl (C=O) groups is 2. The van der Waals surface area contributed by atoms with Gasteiger partial charge in [-0.1, -0.05) is 0 Å². The lowest BCUT2D eigenvalue weighted by Crippen LogP contribution is -2.54. The Labute approximate surface area is 134 Å². The Hall–Kier alpha value is -2.48. The van der Waals surface area contributed by atoms with Crippen molar-refractivity contribution in [1.82, 2.24) is 0 Å². The number of ether oxygens (including phenoxy) is 2. The summed E-state index contributed by atoms with van der Waals surface area (Å²) in [5, 5.41) is 10.7. The van der Waals surface area contributed by atoms with Gasteiger partial charge in [0.15, 0.2) is 0 Å². The number of non-ortho nitro benzene ring substituents is 1. The molecule has 0 N–H and O–H groups in total. The first-order valence-corrected chi connectivity index (χ1v) is 6.90. The molecule has 1 atom stereocenters. The van der Waals surface area contributed by atoms with Gasteiger partial charge in [-0.05, 0) is 32.9 Å². The van der Waals surface area contributed by atoms with Crippen LogP contribution in [-0.2, 0) is 16.0 Å². The normalized spacial score (nSPS) is 13.8. The molecule has 0 heterocycles. The number of amides is 2. The zero-order chi connectivity index (χ0) is 17.8. The quantitative estimate of drug-likeness (QED) is 0.481. The Morgan fingerprint density at radius 2 is 1.70 bits per heavy atom. The second-order valence-electron chi connectivity index (χ2n) is 6.22. The minimum absolute atomic E-state index is 0.0421. The van der Waals surface area contributed by atoms with Crippen molar-refractivity contribution in [2.75, 3.05) is 14.2 Å². The summed E-state index contributed by atoms with van der Waals surface area (Å²) >= 11 is 0. The van der Waals surface area contributed by atoms with E-state index in [-0.39, 0.29) is 12.2 Å². The van der Waals surface area contributed by atoms with Crippen LogP contribution in [0.4, 0.5) is 15.3 Å². The Balaban J connectivity index is 3.09. The van der Waals surface area contributed by atoms with E-state index in [1.165, 1.54) is 38.4 Å². The molecule has 0 aliphatic heterocycles. The molecule has 1 unspecified atom stereocenters. The van der Waals surface area contributed by atoms with Gasteiger partial charge >= 0.3 is 12.2 Å². The highest BCUT2D eigenvalue weighted by atomic mass is 16.6. The average Bonchev–Trinajstić information content (AvgIpc) is 2.44. The van der Waals surface area contributed by atoms with E-state index in [4.69, 9.17) is 9.47 Å². The van der Waals surface area contributed by atoms with Crippen LogP contribution in [0.25, 0.3) is 0 Å². The summed E-state index contributed by atoms with van der Waals surface area (Å²) < 4.78 is 9.24. The lowest BCUT2D eigenvalue weighted by molar-refractivity contribution is -0.779. The first kappa shape index (κ1) is 18.6. The van der Waals surface area contributed by atoms with Gasteiger partial charge in [-0.2, -0.15) is 9.59 Å². The fourth-order valence-corrected chi connectivity index (χ4v) is 1.86. The molecule has 0 fully saturated rings. The van der Waals surface area contributed by atoms with Gasteiger partial charge in [-0.25, -0.2) is 0 Å². The highest BCUT2D eigenvalue weighted by Crippen LogP contribution is 2.21. The number of hydrogen-bond donors (Lipinski definition) is 0. The number of nitrogens with zero attached hydrogens (tertiary/aromatic N) is 2. The monoisotopic (exact) mass is 325 g/mol. The Kier molecular flexibility index (Phi) is 5.44. The second-order valence-corrected chi connectivity index (χ2v) is 6.22. The number of rotatable bonds is 3. The minimum Gasteiger partial charge on any atom is -0.423 e. The van der Waals surface area contributed by atoms with Crippen molar-refractivity contribution in [1.29, 1.82) is 0 Å². The molecule has 1 aromatic rings. The van der Waals surface area contributed by atoms with Crippen LogP contribution in [-0.4, -0.2) is 41.4 Å². The molecule has 0 aliphatic carbocycles. The van der Waals surface area contributed by atoms with Crippen molar-refractivity contribution in [3.05, 3.63) is 39.9 Å². The van der Waals surface area contributed by atoms with E-state index in [9.17, 15) is 19.7 Å². The molecule has 0 bridgehead atoms. The minimum atomic E-state index is -0.780. The smallest absolute Gasteiger partial charge is 0.423 e. The number of nitro benzene ring substituents is 1. The number of hydrogen-bond acceptors (Lipinski definition) is 6. The maximum absolute atomic E-state index is 12.4. The lowest BCUT2D eigenvalue weighted by atomic mass is 10.2. The van der Waals surface area contributed by atoms with Crippen LogP contribution in [0.2, 0.25) is 0 Å². The van der Waals surface area contributed by atoms with Crippen LogP contribution in [0, 0.1) is 10.1 Å². The Bertz CT molecular complexity index is 605. The predicted molar refractivity (Wildman–Crippen MR) is 81.6 cm³/mol. The molecular formula is C15H21N2O6+. The molecule has 0 aliphatic rings. The number of nitro groups is 1. The topological polar surface area (TPSA) is 95.7 Å². The van der Waals surface area contributed by atoms with E-state index in [0.29, 0.717) is 5.56 Å². The van der Waals surface area contributed by atoms with E-state index in [1.807, 2.05) is 0 Å². The van der Waals surface area contributed by atoms with Crippen molar-refractivity contribution in [3.63, 3.8) is 0 Å². The second kappa shape index (κ2) is 6.74. The van der Waals surface area contributed by atoms with E-state index >= 15 is 0 Å². The highest BCUT2D eigenvalue weighted by Gasteiger charge is 2.45. The van der Waals surface area contributed by atoms with E-state index in [0.717, 1.165) is 0 Å². The zero-order valence-corrected chi connectivity index (χ0v) is 13.9. The third kappa shape index (κ3) is 4.75.